The summed E-state index contributed by atoms with van der Waals surface area (Å²) in [5.74, 6) is 0.322. The number of benzene rings is 1. The lowest BCUT2D eigenvalue weighted by molar-refractivity contribution is 0.526. The first-order chi connectivity index (χ1) is 9.63. The van der Waals surface area contributed by atoms with Crippen molar-refractivity contribution in [2.45, 2.75) is 26.3 Å². The number of anilines is 1. The van der Waals surface area contributed by atoms with E-state index in [1.54, 1.807) is 12.3 Å². The highest BCUT2D eigenvalue weighted by Crippen LogP contribution is 2.26. The van der Waals surface area contributed by atoms with E-state index in [0.717, 1.165) is 17.7 Å². The lowest BCUT2D eigenvalue weighted by atomic mass is 9.95. The Hall–Kier alpha value is -1.94. The van der Waals surface area contributed by atoms with Crippen LogP contribution in [0.5, 0.6) is 0 Å². The molecule has 3 nitrogen and oxygen atoms in total. The molecule has 20 heavy (non-hydrogen) atoms. The number of hydrogen-bond acceptors (Lipinski definition) is 3. The van der Waals surface area contributed by atoms with E-state index in [-0.39, 0.29) is 11.9 Å². The normalized spacial score (nSPS) is 12.3. The van der Waals surface area contributed by atoms with E-state index in [4.69, 9.17) is 5.73 Å². The molecular formula is C16H20FN3. The minimum Gasteiger partial charge on any atom is -0.383 e. The topological polar surface area (TPSA) is 50.9 Å². The largest absolute Gasteiger partial charge is 0.383 e. The van der Waals surface area contributed by atoms with E-state index in [0.29, 0.717) is 17.8 Å². The maximum absolute atomic E-state index is 13.8. The van der Waals surface area contributed by atoms with Gasteiger partial charge in [0.1, 0.15) is 11.6 Å². The fraction of sp³-hybridized carbons (Fsp3) is 0.312. The van der Waals surface area contributed by atoms with Crippen LogP contribution in [0.4, 0.5) is 10.2 Å². The van der Waals surface area contributed by atoms with Gasteiger partial charge in [-0.2, -0.15) is 0 Å². The minimum absolute atomic E-state index is 0.0365. The molecule has 0 fully saturated rings. The van der Waals surface area contributed by atoms with Crippen molar-refractivity contribution in [2.75, 3.05) is 12.3 Å². The number of halogens is 1. The van der Waals surface area contributed by atoms with Gasteiger partial charge >= 0.3 is 0 Å². The van der Waals surface area contributed by atoms with Crippen molar-refractivity contribution in [3.63, 3.8) is 0 Å². The second kappa shape index (κ2) is 6.48. The number of aryl methyl sites for hydroxylation is 1. The van der Waals surface area contributed by atoms with E-state index >= 15 is 0 Å². The molecule has 0 aliphatic carbocycles. The van der Waals surface area contributed by atoms with Gasteiger partial charge in [-0.1, -0.05) is 25.1 Å². The van der Waals surface area contributed by atoms with Crippen LogP contribution in [-0.4, -0.2) is 11.5 Å². The number of nitrogens with zero attached hydrogens (tertiary/aromatic N) is 1. The molecular weight excluding hydrogens is 253 g/mol. The number of nitrogen functional groups attached to an aromatic ring is 1. The van der Waals surface area contributed by atoms with Crippen LogP contribution in [0, 0.1) is 12.7 Å². The number of rotatable bonds is 5. The van der Waals surface area contributed by atoms with Gasteiger partial charge in [-0.15, -0.1) is 0 Å². The van der Waals surface area contributed by atoms with Gasteiger partial charge in [0.2, 0.25) is 0 Å². The van der Waals surface area contributed by atoms with E-state index in [9.17, 15) is 4.39 Å². The van der Waals surface area contributed by atoms with Crippen LogP contribution in [0.1, 0.15) is 29.7 Å². The molecule has 106 valence electrons. The number of nitrogens with one attached hydrogen (secondary N) is 1. The van der Waals surface area contributed by atoms with E-state index in [2.05, 4.69) is 10.3 Å². The zero-order chi connectivity index (χ0) is 14.5. The standard InChI is InChI=1S/C16H20FN3/c1-3-19-14(10-12-6-4-5-7-13(12)17)15-11(2)8-9-20-16(15)18/h4-9,14,19H,3,10H2,1-2H3,(H2,18,20). The van der Waals surface area contributed by atoms with Crippen LogP contribution in [0.25, 0.3) is 0 Å². The smallest absolute Gasteiger partial charge is 0.128 e. The van der Waals surface area contributed by atoms with Gasteiger partial charge in [0, 0.05) is 17.8 Å². The van der Waals surface area contributed by atoms with Gasteiger partial charge in [-0.05, 0) is 43.1 Å². The minimum atomic E-state index is -0.185. The Bertz CT molecular complexity index is 563. The zero-order valence-electron chi connectivity index (χ0n) is 11.9. The van der Waals surface area contributed by atoms with Crippen LogP contribution in [0.3, 0.4) is 0 Å². The van der Waals surface area contributed by atoms with E-state index in [1.165, 1.54) is 6.07 Å². The van der Waals surface area contributed by atoms with Crippen LogP contribution in [0.15, 0.2) is 36.5 Å². The molecule has 3 N–H and O–H groups in total. The zero-order valence-corrected chi connectivity index (χ0v) is 11.9. The van der Waals surface area contributed by atoms with Gasteiger partial charge in [0.15, 0.2) is 0 Å². The third kappa shape index (κ3) is 3.14. The van der Waals surface area contributed by atoms with Gasteiger partial charge in [0.25, 0.3) is 0 Å². The lowest BCUT2D eigenvalue weighted by Gasteiger charge is -2.21. The van der Waals surface area contributed by atoms with Crippen molar-refractivity contribution >= 4 is 5.82 Å². The molecule has 0 saturated carbocycles. The summed E-state index contributed by atoms with van der Waals surface area (Å²) in [5.41, 5.74) is 8.71. The summed E-state index contributed by atoms with van der Waals surface area (Å²) in [5, 5.41) is 3.37. The predicted octanol–water partition coefficient (Wildman–Crippen LogP) is 3.00. The molecule has 0 aliphatic heterocycles. The summed E-state index contributed by atoms with van der Waals surface area (Å²) in [6.45, 7) is 4.81. The van der Waals surface area contributed by atoms with Crippen molar-refractivity contribution < 1.29 is 4.39 Å². The van der Waals surface area contributed by atoms with Crippen LogP contribution in [-0.2, 0) is 6.42 Å². The van der Waals surface area contributed by atoms with E-state index in [1.807, 2.05) is 32.0 Å². The Morgan fingerprint density at radius 3 is 2.70 bits per heavy atom. The fourth-order valence-corrected chi connectivity index (χ4v) is 2.45. The van der Waals surface area contributed by atoms with Crippen molar-refractivity contribution in [3.05, 3.63) is 59.0 Å². The Morgan fingerprint density at radius 2 is 2.05 bits per heavy atom. The first-order valence-corrected chi connectivity index (χ1v) is 6.81. The predicted molar refractivity (Wildman–Crippen MR) is 79.9 cm³/mol. The molecule has 2 aromatic rings. The Balaban J connectivity index is 2.35. The highest BCUT2D eigenvalue weighted by Gasteiger charge is 2.18. The van der Waals surface area contributed by atoms with Crippen molar-refractivity contribution in [1.29, 1.82) is 0 Å². The molecule has 0 bridgehead atoms. The first-order valence-electron chi connectivity index (χ1n) is 6.81. The van der Waals surface area contributed by atoms with Crippen LogP contribution >= 0.6 is 0 Å². The summed E-state index contributed by atoms with van der Waals surface area (Å²) in [6.07, 6.45) is 2.25. The highest BCUT2D eigenvalue weighted by molar-refractivity contribution is 5.46. The number of likely N-dealkylation sites (N-methyl/N-ethyl adjacent to an activating group) is 1. The molecule has 1 aromatic carbocycles. The molecule has 0 spiro atoms. The third-order valence-corrected chi connectivity index (χ3v) is 3.42. The quantitative estimate of drug-likeness (QED) is 0.880. The van der Waals surface area contributed by atoms with Crippen molar-refractivity contribution in [1.82, 2.24) is 10.3 Å². The second-order valence-corrected chi connectivity index (χ2v) is 4.83. The SMILES string of the molecule is CCNC(Cc1ccccc1F)c1c(C)ccnc1N. The maximum Gasteiger partial charge on any atom is 0.128 e. The van der Waals surface area contributed by atoms with Crippen LogP contribution in [0.2, 0.25) is 0 Å². The van der Waals surface area contributed by atoms with Gasteiger partial charge in [-0.3, -0.25) is 0 Å². The summed E-state index contributed by atoms with van der Waals surface area (Å²) < 4.78 is 13.8. The monoisotopic (exact) mass is 273 g/mol. The van der Waals surface area contributed by atoms with E-state index < -0.39 is 0 Å². The summed E-state index contributed by atoms with van der Waals surface area (Å²) >= 11 is 0. The van der Waals surface area contributed by atoms with Gasteiger partial charge < -0.3 is 11.1 Å². The Labute approximate surface area is 119 Å². The number of pyridine rings is 1. The summed E-state index contributed by atoms with van der Waals surface area (Å²) in [7, 11) is 0. The summed E-state index contributed by atoms with van der Waals surface area (Å²) in [4.78, 5) is 4.15. The van der Waals surface area contributed by atoms with Gasteiger partial charge in [-0.25, -0.2) is 9.37 Å². The molecule has 0 radical (unpaired) electrons. The third-order valence-electron chi connectivity index (χ3n) is 3.42. The number of hydrogen-bond donors (Lipinski definition) is 2. The average Bonchev–Trinajstić information content (AvgIpc) is 2.41. The van der Waals surface area contributed by atoms with Crippen molar-refractivity contribution in [3.8, 4) is 0 Å². The highest BCUT2D eigenvalue weighted by atomic mass is 19.1. The Kier molecular flexibility index (Phi) is 4.69. The van der Waals surface area contributed by atoms with Crippen LogP contribution < -0.4 is 11.1 Å². The number of nitrogens with two attached hydrogens (primary N) is 1. The molecule has 1 heterocycles. The van der Waals surface area contributed by atoms with Crippen molar-refractivity contribution in [2.24, 2.45) is 0 Å². The molecule has 4 heteroatoms. The molecule has 1 unspecified atom stereocenters. The number of aromatic nitrogens is 1. The lowest BCUT2D eigenvalue weighted by Crippen LogP contribution is -2.25. The molecule has 1 atom stereocenters. The summed E-state index contributed by atoms with van der Waals surface area (Å²) in [6, 6.07) is 8.73. The second-order valence-electron chi connectivity index (χ2n) is 4.83. The Morgan fingerprint density at radius 1 is 1.30 bits per heavy atom. The average molecular weight is 273 g/mol. The van der Waals surface area contributed by atoms with Gasteiger partial charge in [0.05, 0.1) is 0 Å². The fourth-order valence-electron chi connectivity index (χ4n) is 2.45. The molecule has 0 saturated heterocycles. The molecule has 0 aliphatic rings. The molecule has 1 aromatic heterocycles. The molecule has 2 rings (SSSR count). The first kappa shape index (κ1) is 14.5. The molecule has 0 amide bonds. The maximum atomic E-state index is 13.8.